The van der Waals surface area contributed by atoms with Crippen LogP contribution in [0, 0.1) is 0 Å². The Balaban J connectivity index is -0.00000180. The molecule has 0 rings (SSSR count). The van der Waals surface area contributed by atoms with Crippen molar-refractivity contribution < 1.29 is 92.4 Å². The molecule has 0 atom stereocenters. The van der Waals surface area contributed by atoms with E-state index < -0.39 is 50.1 Å². The van der Waals surface area contributed by atoms with Gasteiger partial charge in [0.1, 0.15) is 0 Å². The molecule has 116 valence electrons. The van der Waals surface area contributed by atoms with Crippen molar-refractivity contribution in [2.24, 2.45) is 0 Å². The summed E-state index contributed by atoms with van der Waals surface area (Å²) in [4.78, 5) is 44.4. The largest absolute Gasteiger partial charge is 1.00 e. The van der Waals surface area contributed by atoms with E-state index in [1.54, 1.807) is 0 Å². The molecule has 0 bridgehead atoms. The van der Waals surface area contributed by atoms with Gasteiger partial charge in [-0.15, -0.1) is 0 Å². The summed E-state index contributed by atoms with van der Waals surface area (Å²) < 4.78 is 0. The maximum atomic E-state index is 10.6. The number of carbonyl (C=O) groups is 4. The van der Waals surface area contributed by atoms with Crippen LogP contribution in [0.4, 0.5) is 0 Å². The van der Waals surface area contributed by atoms with Crippen LogP contribution < -0.4 is 51.4 Å². The summed E-state index contributed by atoms with van der Waals surface area (Å²) in [5, 5.41) is 34.5. The first-order valence-corrected chi connectivity index (χ1v) is 5.52. The van der Waals surface area contributed by atoms with Crippen LogP contribution in [0.5, 0.6) is 0 Å². The predicted molar refractivity (Wildman–Crippen MR) is 64.5 cm³/mol. The van der Waals surface area contributed by atoms with Crippen LogP contribution in [0.2, 0.25) is 0 Å². The number of hydrogen-bond donors (Lipinski definition) is 4. The third-order valence-electron chi connectivity index (χ3n) is 2.17. The Kier molecular flexibility index (Phi) is 13.0. The van der Waals surface area contributed by atoms with Crippen LogP contribution in [0.3, 0.4) is 0 Å². The minimum Gasteiger partial charge on any atom is -1.00 e. The minimum atomic E-state index is -1.23. The number of aliphatic carboxylic acids is 4. The second-order valence-electron chi connectivity index (χ2n) is 4.00. The van der Waals surface area contributed by atoms with Gasteiger partial charge in [0.25, 0.3) is 0 Å². The molecule has 0 radical (unpaired) electrons. The molecular weight excluding hydrogens is 315 g/mol. The van der Waals surface area contributed by atoms with Crippen molar-refractivity contribution in [1.29, 1.82) is 0 Å². The Morgan fingerprint density at radius 2 is 0.810 bits per heavy atom. The fourth-order valence-corrected chi connectivity index (χ4v) is 1.48. The quantitative estimate of drug-likeness (QED) is 0.270. The van der Waals surface area contributed by atoms with E-state index in [4.69, 9.17) is 20.4 Å². The van der Waals surface area contributed by atoms with Crippen LogP contribution >= 0.6 is 0 Å². The predicted octanol–water partition coefficient (Wildman–Crippen LogP) is -4.95. The molecule has 10 nitrogen and oxygen atoms in total. The fraction of sp³-hybridized carbons (Fsp3) is 0.600. The maximum Gasteiger partial charge on any atom is 1.00 e. The van der Waals surface area contributed by atoms with Crippen LogP contribution in [0.25, 0.3) is 0 Å². The van der Waals surface area contributed by atoms with Crippen molar-refractivity contribution in [3.8, 4) is 0 Å². The first-order chi connectivity index (χ1) is 9.20. The van der Waals surface area contributed by atoms with E-state index in [2.05, 4.69) is 0 Å². The van der Waals surface area contributed by atoms with Crippen molar-refractivity contribution >= 4 is 23.9 Å². The molecule has 4 N–H and O–H groups in total. The third kappa shape index (κ3) is 14.1. The Hall–Kier alpha value is -0.564. The van der Waals surface area contributed by atoms with Crippen molar-refractivity contribution in [1.82, 2.24) is 9.80 Å². The van der Waals surface area contributed by atoms with E-state index in [0.29, 0.717) is 0 Å². The molecule has 0 aliphatic heterocycles. The van der Waals surface area contributed by atoms with E-state index in [9.17, 15) is 19.2 Å². The summed E-state index contributed by atoms with van der Waals surface area (Å²) in [7, 11) is 0. The number of nitrogens with zero attached hydrogens (tertiary/aromatic N) is 2. The second kappa shape index (κ2) is 12.0. The van der Waals surface area contributed by atoms with Gasteiger partial charge < -0.3 is 21.9 Å². The van der Waals surface area contributed by atoms with Gasteiger partial charge in [-0.25, -0.2) is 0 Å². The van der Waals surface area contributed by atoms with E-state index in [1.807, 2.05) is 0 Å². The van der Waals surface area contributed by atoms with Crippen molar-refractivity contribution in [3.05, 3.63) is 0 Å². The van der Waals surface area contributed by atoms with Gasteiger partial charge in [0.15, 0.2) is 0 Å². The van der Waals surface area contributed by atoms with Gasteiger partial charge in [-0.05, 0) is 0 Å². The number of hydrogen-bond acceptors (Lipinski definition) is 6. The van der Waals surface area contributed by atoms with Gasteiger partial charge >= 0.3 is 75.3 Å². The third-order valence-corrected chi connectivity index (χ3v) is 2.17. The van der Waals surface area contributed by atoms with Crippen molar-refractivity contribution in [3.63, 3.8) is 0 Å². The molecule has 0 heterocycles. The van der Waals surface area contributed by atoms with Crippen molar-refractivity contribution in [2.75, 3.05) is 39.3 Å². The first-order valence-electron chi connectivity index (χ1n) is 5.52. The Morgan fingerprint density at radius 1 is 0.619 bits per heavy atom. The average molecular weight is 332 g/mol. The smallest absolute Gasteiger partial charge is 1.00 e. The Bertz CT molecular complexity index is 327. The second-order valence-corrected chi connectivity index (χ2v) is 4.00. The minimum absolute atomic E-state index is 0. The average Bonchev–Trinajstić information content (AvgIpc) is 2.22. The molecule has 0 spiro atoms. The molecule has 0 aromatic carbocycles. The maximum absolute atomic E-state index is 10.6. The van der Waals surface area contributed by atoms with Gasteiger partial charge in [0.2, 0.25) is 0 Å². The van der Waals surface area contributed by atoms with Gasteiger partial charge in [-0.1, -0.05) is 0 Å². The molecule has 0 fully saturated rings. The molecule has 0 amide bonds. The van der Waals surface area contributed by atoms with Crippen LogP contribution in [-0.4, -0.2) is 93.4 Å². The molecule has 0 aromatic heterocycles. The van der Waals surface area contributed by atoms with E-state index in [-0.39, 0.29) is 65.9 Å². The normalized spacial score (nSPS) is 10.2. The number of rotatable bonds is 11. The summed E-state index contributed by atoms with van der Waals surface area (Å²) in [6.45, 7) is -2.25. The van der Waals surface area contributed by atoms with Gasteiger partial charge in [0, 0.05) is 13.1 Å². The molecule has 0 unspecified atom stereocenters. The van der Waals surface area contributed by atoms with Gasteiger partial charge in [-0.2, -0.15) is 0 Å². The monoisotopic (exact) mass is 332 g/mol. The van der Waals surface area contributed by atoms with Gasteiger partial charge in [-0.3, -0.25) is 29.0 Å². The Morgan fingerprint density at radius 3 is 0.952 bits per heavy atom. The SMILES string of the molecule is O=C(O)CN(CCN(CC(=O)O)CC(=O)O)CC(=O)O.[H-].[K+]. The summed E-state index contributed by atoms with van der Waals surface area (Å²) in [5.74, 6) is -4.91. The molecule has 11 heteroatoms. The van der Waals surface area contributed by atoms with Gasteiger partial charge in [0.05, 0.1) is 26.2 Å². The molecule has 21 heavy (non-hydrogen) atoms. The van der Waals surface area contributed by atoms with Crippen molar-refractivity contribution in [2.45, 2.75) is 0 Å². The topological polar surface area (TPSA) is 156 Å². The summed E-state index contributed by atoms with van der Waals surface area (Å²) in [6.07, 6.45) is 0. The summed E-state index contributed by atoms with van der Waals surface area (Å²) in [6, 6.07) is 0. The van der Waals surface area contributed by atoms with E-state index >= 15 is 0 Å². The number of carboxylic acid groups (broad SMARTS) is 4. The van der Waals surface area contributed by atoms with Crippen LogP contribution in [0.15, 0.2) is 0 Å². The molecule has 0 saturated carbocycles. The molecule has 0 aliphatic rings. The molecular formula is C10H17KN2O8. The molecule has 0 aliphatic carbocycles. The fourth-order valence-electron chi connectivity index (χ4n) is 1.48. The number of carboxylic acids is 4. The van der Waals surface area contributed by atoms with Crippen LogP contribution in [-0.2, 0) is 19.2 Å². The van der Waals surface area contributed by atoms with E-state index in [1.165, 1.54) is 0 Å². The zero-order valence-electron chi connectivity index (χ0n) is 12.6. The zero-order valence-corrected chi connectivity index (χ0v) is 14.7. The molecule has 0 saturated heterocycles. The van der Waals surface area contributed by atoms with Crippen LogP contribution in [0.1, 0.15) is 1.43 Å². The standard InChI is InChI=1S/C10H16N2O8.K.H/c13-7(14)3-11(4-8(15)16)1-2-12(5-9(17)18)6-10(19)20;;/h1-6H2,(H,13,14)(H,15,16)(H,17,18)(H,19,20);;/q;+1;-1. The van der Waals surface area contributed by atoms with E-state index in [0.717, 1.165) is 9.80 Å². The molecule has 0 aromatic rings. The summed E-state index contributed by atoms with van der Waals surface area (Å²) >= 11 is 0. The zero-order chi connectivity index (χ0) is 15.7. The summed E-state index contributed by atoms with van der Waals surface area (Å²) in [5.41, 5.74) is 0. The first kappa shape index (κ1) is 22.7. The Labute approximate surface area is 164 Å².